The Labute approximate surface area is 156 Å². The molecular formula is C18H24N4O5. The average molecular weight is 376 g/mol. The maximum atomic E-state index is 12.9. The fraction of sp³-hybridized carbons (Fsp3) is 0.500. The van der Waals surface area contributed by atoms with Gasteiger partial charge in [-0.05, 0) is 25.1 Å². The van der Waals surface area contributed by atoms with Crippen LogP contribution in [0, 0.1) is 6.92 Å². The molecule has 146 valence electrons. The zero-order valence-electron chi connectivity index (χ0n) is 15.4. The third-order valence-corrected chi connectivity index (χ3v) is 4.39. The zero-order chi connectivity index (χ0) is 19.4. The van der Waals surface area contributed by atoms with Crippen LogP contribution in [-0.4, -0.2) is 84.0 Å². The number of aliphatic hydroxyl groups is 1. The number of benzene rings is 1. The van der Waals surface area contributed by atoms with Crippen LogP contribution < -0.4 is 5.32 Å². The number of aromatic nitrogens is 2. The van der Waals surface area contributed by atoms with Gasteiger partial charge in [-0.15, -0.1) is 0 Å². The first-order valence-electron chi connectivity index (χ1n) is 8.72. The molecule has 0 bridgehead atoms. The average Bonchev–Trinajstić information content (AvgIpc) is 2.89. The Balaban J connectivity index is 1.73. The number of carbonyl (C=O) groups is 2. The predicted octanol–water partition coefficient (Wildman–Crippen LogP) is -0.163. The number of hydrogen-bond donors (Lipinski definition) is 3. The summed E-state index contributed by atoms with van der Waals surface area (Å²) in [6.45, 7) is 2.48. The van der Waals surface area contributed by atoms with Crippen LogP contribution in [0.1, 0.15) is 16.2 Å². The SMILES string of the molecule is COCC(=O)NCC1(O)COCCN(C(=O)c2ccc3nc(C)[nH]c3c2)C1. The highest BCUT2D eigenvalue weighted by atomic mass is 16.5. The van der Waals surface area contributed by atoms with Gasteiger partial charge in [-0.25, -0.2) is 4.98 Å². The van der Waals surface area contributed by atoms with E-state index in [-0.39, 0.29) is 38.1 Å². The van der Waals surface area contributed by atoms with Crippen molar-refractivity contribution >= 4 is 22.8 Å². The number of aromatic amines is 1. The highest BCUT2D eigenvalue weighted by Crippen LogP contribution is 2.18. The van der Waals surface area contributed by atoms with Crippen molar-refractivity contribution in [2.45, 2.75) is 12.5 Å². The van der Waals surface area contributed by atoms with Crippen LogP contribution in [-0.2, 0) is 14.3 Å². The molecule has 2 aromatic rings. The molecule has 0 aliphatic carbocycles. The monoisotopic (exact) mass is 376 g/mol. The highest BCUT2D eigenvalue weighted by molar-refractivity contribution is 5.97. The van der Waals surface area contributed by atoms with E-state index in [1.807, 2.05) is 6.92 Å². The van der Waals surface area contributed by atoms with Crippen LogP contribution >= 0.6 is 0 Å². The van der Waals surface area contributed by atoms with Gasteiger partial charge in [-0.3, -0.25) is 9.59 Å². The van der Waals surface area contributed by atoms with E-state index < -0.39 is 5.60 Å². The molecule has 0 spiro atoms. The minimum absolute atomic E-state index is 0.0300. The third-order valence-electron chi connectivity index (χ3n) is 4.39. The number of hydrogen-bond acceptors (Lipinski definition) is 6. The molecular weight excluding hydrogens is 352 g/mol. The van der Waals surface area contributed by atoms with E-state index in [2.05, 4.69) is 15.3 Å². The number of carbonyl (C=O) groups excluding carboxylic acids is 2. The Bertz CT molecular complexity index is 836. The number of methoxy groups -OCH3 is 1. The molecule has 1 saturated heterocycles. The first-order chi connectivity index (χ1) is 12.9. The first-order valence-corrected chi connectivity index (χ1v) is 8.72. The van der Waals surface area contributed by atoms with E-state index in [4.69, 9.17) is 9.47 Å². The van der Waals surface area contributed by atoms with Gasteiger partial charge < -0.3 is 29.8 Å². The number of amides is 2. The number of nitrogens with zero attached hydrogens (tertiary/aromatic N) is 2. The fourth-order valence-electron chi connectivity index (χ4n) is 3.10. The molecule has 27 heavy (non-hydrogen) atoms. The van der Waals surface area contributed by atoms with Crippen LogP contribution in [0.3, 0.4) is 0 Å². The van der Waals surface area contributed by atoms with Gasteiger partial charge in [-0.1, -0.05) is 0 Å². The smallest absolute Gasteiger partial charge is 0.254 e. The van der Waals surface area contributed by atoms with Crippen LogP contribution in [0.25, 0.3) is 11.0 Å². The van der Waals surface area contributed by atoms with Gasteiger partial charge in [0.05, 0.1) is 37.3 Å². The summed E-state index contributed by atoms with van der Waals surface area (Å²) in [5.41, 5.74) is 0.704. The molecule has 1 aromatic carbocycles. The standard InChI is InChI=1S/C18H24N4O5/c1-12-20-14-4-3-13(7-15(14)21-12)17(24)22-5-6-27-11-18(25,10-22)9-19-16(23)8-26-2/h3-4,7,25H,5-6,8-11H2,1-2H3,(H,19,23)(H,20,21). The summed E-state index contributed by atoms with van der Waals surface area (Å²) in [6, 6.07) is 5.26. The van der Waals surface area contributed by atoms with E-state index >= 15 is 0 Å². The minimum Gasteiger partial charge on any atom is -0.384 e. The van der Waals surface area contributed by atoms with Crippen molar-refractivity contribution in [3.05, 3.63) is 29.6 Å². The second-order valence-electron chi connectivity index (χ2n) is 6.77. The van der Waals surface area contributed by atoms with Crippen molar-refractivity contribution in [1.29, 1.82) is 0 Å². The summed E-state index contributed by atoms with van der Waals surface area (Å²) in [5, 5.41) is 13.4. The second-order valence-corrected chi connectivity index (χ2v) is 6.77. The lowest BCUT2D eigenvalue weighted by atomic mass is 10.0. The highest BCUT2D eigenvalue weighted by Gasteiger charge is 2.35. The fourth-order valence-corrected chi connectivity index (χ4v) is 3.10. The predicted molar refractivity (Wildman–Crippen MR) is 97.4 cm³/mol. The van der Waals surface area contributed by atoms with E-state index in [1.54, 1.807) is 23.1 Å². The van der Waals surface area contributed by atoms with E-state index in [1.165, 1.54) is 7.11 Å². The quantitative estimate of drug-likeness (QED) is 0.668. The van der Waals surface area contributed by atoms with Gasteiger partial charge >= 0.3 is 0 Å². The van der Waals surface area contributed by atoms with Crippen molar-refractivity contribution in [1.82, 2.24) is 20.2 Å². The lowest BCUT2D eigenvalue weighted by Gasteiger charge is -2.31. The van der Waals surface area contributed by atoms with Crippen molar-refractivity contribution in [2.75, 3.05) is 46.6 Å². The number of rotatable bonds is 5. The van der Waals surface area contributed by atoms with Gasteiger partial charge in [0.25, 0.3) is 5.91 Å². The van der Waals surface area contributed by atoms with Gasteiger partial charge in [0.1, 0.15) is 18.0 Å². The first kappa shape index (κ1) is 19.3. The molecule has 1 atom stereocenters. The molecule has 0 radical (unpaired) electrons. The summed E-state index contributed by atoms with van der Waals surface area (Å²) in [6.07, 6.45) is 0. The van der Waals surface area contributed by atoms with Crippen molar-refractivity contribution < 1.29 is 24.2 Å². The number of fused-ring (bicyclic) bond motifs is 1. The Morgan fingerprint density at radius 3 is 3.07 bits per heavy atom. The Kier molecular flexibility index (Phi) is 5.73. The molecule has 3 rings (SSSR count). The normalized spacial score (nSPS) is 20.5. The third kappa shape index (κ3) is 4.62. The zero-order valence-corrected chi connectivity index (χ0v) is 15.4. The Morgan fingerprint density at radius 2 is 2.30 bits per heavy atom. The van der Waals surface area contributed by atoms with Crippen LogP contribution in [0.2, 0.25) is 0 Å². The largest absolute Gasteiger partial charge is 0.384 e. The van der Waals surface area contributed by atoms with Crippen molar-refractivity contribution in [3.63, 3.8) is 0 Å². The molecule has 1 aliphatic rings. The van der Waals surface area contributed by atoms with E-state index in [0.717, 1.165) is 16.9 Å². The summed E-state index contributed by atoms with van der Waals surface area (Å²) in [4.78, 5) is 33.5. The number of nitrogens with one attached hydrogen (secondary N) is 2. The molecule has 3 N–H and O–H groups in total. The molecule has 2 amide bonds. The summed E-state index contributed by atoms with van der Waals surface area (Å²) in [7, 11) is 1.42. The second kappa shape index (κ2) is 8.03. The molecule has 1 fully saturated rings. The van der Waals surface area contributed by atoms with E-state index in [0.29, 0.717) is 18.7 Å². The Hall–Kier alpha value is -2.49. The molecule has 1 aliphatic heterocycles. The number of ether oxygens (including phenoxy) is 2. The van der Waals surface area contributed by atoms with Crippen molar-refractivity contribution in [3.8, 4) is 0 Å². The molecule has 0 saturated carbocycles. The number of H-pyrrole nitrogens is 1. The van der Waals surface area contributed by atoms with Gasteiger partial charge in [0.2, 0.25) is 5.91 Å². The number of aryl methyl sites for hydroxylation is 1. The topological polar surface area (TPSA) is 117 Å². The molecule has 1 unspecified atom stereocenters. The minimum atomic E-state index is -1.37. The van der Waals surface area contributed by atoms with Gasteiger partial charge in [-0.2, -0.15) is 0 Å². The number of imidazole rings is 1. The van der Waals surface area contributed by atoms with Crippen LogP contribution in [0.4, 0.5) is 0 Å². The maximum absolute atomic E-state index is 12.9. The summed E-state index contributed by atoms with van der Waals surface area (Å²) in [5.74, 6) is 0.225. The van der Waals surface area contributed by atoms with Gasteiger partial charge in [0.15, 0.2) is 0 Å². The number of β-amino-alcohol motifs (C(OH)–C–C–N with tert-alkyl or cyclic N) is 1. The summed E-state index contributed by atoms with van der Waals surface area (Å²) >= 11 is 0. The molecule has 9 nitrogen and oxygen atoms in total. The lowest BCUT2D eigenvalue weighted by molar-refractivity contribution is -0.126. The van der Waals surface area contributed by atoms with Crippen LogP contribution in [0.5, 0.6) is 0 Å². The summed E-state index contributed by atoms with van der Waals surface area (Å²) < 4.78 is 10.2. The van der Waals surface area contributed by atoms with Gasteiger partial charge in [0, 0.05) is 19.2 Å². The maximum Gasteiger partial charge on any atom is 0.254 e. The molecule has 2 heterocycles. The lowest BCUT2D eigenvalue weighted by Crippen LogP contribution is -2.53. The van der Waals surface area contributed by atoms with E-state index in [9.17, 15) is 14.7 Å². The Morgan fingerprint density at radius 1 is 1.48 bits per heavy atom. The molecule has 1 aromatic heterocycles. The van der Waals surface area contributed by atoms with Crippen LogP contribution in [0.15, 0.2) is 18.2 Å². The van der Waals surface area contributed by atoms with Crippen molar-refractivity contribution in [2.24, 2.45) is 0 Å². The molecule has 9 heteroatoms.